The molecule has 4 rings (SSSR count). The Kier molecular flexibility index (Phi) is 5.98. The molecule has 1 atom stereocenters. The van der Waals surface area contributed by atoms with Crippen molar-refractivity contribution >= 4 is 22.6 Å². The number of carbonyl (C=O) groups excluding carboxylic acids is 2. The first kappa shape index (κ1) is 20.0. The first-order valence-corrected chi connectivity index (χ1v) is 10.3. The van der Waals surface area contributed by atoms with Gasteiger partial charge in [-0.2, -0.15) is 0 Å². The van der Waals surface area contributed by atoms with E-state index in [9.17, 15) is 9.59 Å². The van der Waals surface area contributed by atoms with Crippen LogP contribution in [0.5, 0.6) is 5.75 Å². The molecule has 0 saturated carbocycles. The van der Waals surface area contributed by atoms with Crippen LogP contribution in [-0.4, -0.2) is 36.9 Å². The third kappa shape index (κ3) is 4.15. The number of rotatable bonds is 5. The van der Waals surface area contributed by atoms with Gasteiger partial charge in [-0.15, -0.1) is 0 Å². The van der Waals surface area contributed by atoms with Crippen molar-refractivity contribution in [1.82, 2.24) is 10.2 Å². The molecule has 1 heterocycles. The van der Waals surface area contributed by atoms with Gasteiger partial charge in [0.15, 0.2) is 0 Å². The fraction of sp³-hybridized carbons (Fsp3) is 0.280. The van der Waals surface area contributed by atoms with Gasteiger partial charge in [0, 0.05) is 30.6 Å². The number of piperidine rings is 1. The third-order valence-electron chi connectivity index (χ3n) is 5.72. The predicted octanol–water partition coefficient (Wildman–Crippen LogP) is 4.02. The Balaban J connectivity index is 1.47. The number of likely N-dealkylation sites (tertiary alicyclic amines) is 1. The summed E-state index contributed by atoms with van der Waals surface area (Å²) >= 11 is 0. The van der Waals surface area contributed by atoms with Crippen LogP contribution in [0, 0.1) is 5.92 Å². The molecule has 5 nitrogen and oxygen atoms in total. The molecule has 0 spiro atoms. The molecule has 0 radical (unpaired) electrons. The number of amides is 2. The SMILES string of the molecule is COc1ccc(C(=O)N2CCC[C@H](C(=O)NCc3ccccc3)C2)c2ccccc12. The molecule has 1 aliphatic rings. The van der Waals surface area contributed by atoms with E-state index in [1.54, 1.807) is 7.11 Å². The van der Waals surface area contributed by atoms with E-state index in [2.05, 4.69) is 5.32 Å². The Morgan fingerprint density at radius 3 is 2.50 bits per heavy atom. The van der Waals surface area contributed by atoms with Crippen LogP contribution in [0.3, 0.4) is 0 Å². The molecule has 0 aliphatic carbocycles. The topological polar surface area (TPSA) is 58.6 Å². The second-order valence-electron chi connectivity index (χ2n) is 7.65. The lowest BCUT2D eigenvalue weighted by Crippen LogP contribution is -2.45. The van der Waals surface area contributed by atoms with Crippen molar-refractivity contribution in [1.29, 1.82) is 0 Å². The van der Waals surface area contributed by atoms with Gasteiger partial charge in [-0.1, -0.05) is 54.6 Å². The van der Waals surface area contributed by atoms with Gasteiger partial charge in [0.05, 0.1) is 13.0 Å². The van der Waals surface area contributed by atoms with Gasteiger partial charge in [-0.05, 0) is 35.9 Å². The normalized spacial score (nSPS) is 16.3. The number of hydrogen-bond donors (Lipinski definition) is 1. The quantitative estimate of drug-likeness (QED) is 0.701. The molecule has 1 N–H and O–H groups in total. The first-order valence-electron chi connectivity index (χ1n) is 10.3. The molecule has 0 aromatic heterocycles. The average Bonchev–Trinajstić information content (AvgIpc) is 2.82. The van der Waals surface area contributed by atoms with Gasteiger partial charge in [0.25, 0.3) is 5.91 Å². The lowest BCUT2D eigenvalue weighted by Gasteiger charge is -2.32. The molecule has 1 fully saturated rings. The Morgan fingerprint density at radius 1 is 1.00 bits per heavy atom. The van der Waals surface area contributed by atoms with Crippen molar-refractivity contribution in [3.63, 3.8) is 0 Å². The minimum absolute atomic E-state index is 0.0101. The van der Waals surface area contributed by atoms with E-state index in [-0.39, 0.29) is 17.7 Å². The van der Waals surface area contributed by atoms with Gasteiger partial charge in [0.2, 0.25) is 5.91 Å². The number of methoxy groups -OCH3 is 1. The maximum absolute atomic E-state index is 13.3. The molecule has 2 amide bonds. The van der Waals surface area contributed by atoms with Crippen molar-refractivity contribution in [3.8, 4) is 5.75 Å². The summed E-state index contributed by atoms with van der Waals surface area (Å²) in [7, 11) is 1.63. The van der Waals surface area contributed by atoms with Crippen LogP contribution in [0.1, 0.15) is 28.8 Å². The number of ether oxygens (including phenoxy) is 1. The molecule has 1 saturated heterocycles. The Hall–Kier alpha value is -3.34. The van der Waals surface area contributed by atoms with E-state index < -0.39 is 0 Å². The smallest absolute Gasteiger partial charge is 0.254 e. The lowest BCUT2D eigenvalue weighted by atomic mass is 9.95. The zero-order chi connectivity index (χ0) is 20.9. The summed E-state index contributed by atoms with van der Waals surface area (Å²) in [6.07, 6.45) is 1.62. The Bertz CT molecular complexity index is 1050. The van der Waals surface area contributed by atoms with Crippen LogP contribution < -0.4 is 10.1 Å². The molecule has 30 heavy (non-hydrogen) atoms. The maximum Gasteiger partial charge on any atom is 0.254 e. The highest BCUT2D eigenvalue weighted by molar-refractivity contribution is 6.08. The highest BCUT2D eigenvalue weighted by Crippen LogP contribution is 2.30. The van der Waals surface area contributed by atoms with Crippen LogP contribution in [0.15, 0.2) is 66.7 Å². The Morgan fingerprint density at radius 2 is 1.73 bits per heavy atom. The summed E-state index contributed by atoms with van der Waals surface area (Å²) in [5.41, 5.74) is 1.72. The zero-order valence-corrected chi connectivity index (χ0v) is 17.1. The number of hydrogen-bond acceptors (Lipinski definition) is 3. The van der Waals surface area contributed by atoms with Crippen LogP contribution in [0.25, 0.3) is 10.8 Å². The number of nitrogens with zero attached hydrogens (tertiary/aromatic N) is 1. The molecular formula is C25H26N2O3. The van der Waals surface area contributed by atoms with E-state index in [0.29, 0.717) is 25.2 Å². The van der Waals surface area contributed by atoms with E-state index in [1.807, 2.05) is 71.6 Å². The van der Waals surface area contributed by atoms with Crippen LogP contribution in [-0.2, 0) is 11.3 Å². The van der Waals surface area contributed by atoms with Gasteiger partial charge in [-0.25, -0.2) is 0 Å². The Labute approximate surface area is 176 Å². The van der Waals surface area contributed by atoms with Crippen LogP contribution in [0.2, 0.25) is 0 Å². The summed E-state index contributed by atoms with van der Waals surface area (Å²) in [6, 6.07) is 21.3. The molecule has 3 aromatic carbocycles. The summed E-state index contributed by atoms with van der Waals surface area (Å²) in [4.78, 5) is 27.8. The average molecular weight is 402 g/mol. The van der Waals surface area contributed by atoms with Gasteiger partial charge < -0.3 is 15.0 Å². The monoisotopic (exact) mass is 402 g/mol. The van der Waals surface area contributed by atoms with Crippen molar-refractivity contribution < 1.29 is 14.3 Å². The number of benzene rings is 3. The summed E-state index contributed by atoms with van der Waals surface area (Å²) in [5, 5.41) is 4.81. The van der Waals surface area contributed by atoms with Crippen LogP contribution in [0.4, 0.5) is 0 Å². The van der Waals surface area contributed by atoms with Crippen molar-refractivity contribution in [2.24, 2.45) is 5.92 Å². The van der Waals surface area contributed by atoms with Crippen molar-refractivity contribution in [3.05, 3.63) is 77.9 Å². The van der Waals surface area contributed by atoms with Crippen molar-refractivity contribution in [2.45, 2.75) is 19.4 Å². The third-order valence-corrected chi connectivity index (χ3v) is 5.72. The zero-order valence-electron chi connectivity index (χ0n) is 17.1. The minimum atomic E-state index is -0.184. The molecule has 0 unspecified atom stereocenters. The molecule has 0 bridgehead atoms. The fourth-order valence-corrected chi connectivity index (χ4v) is 4.11. The summed E-state index contributed by atoms with van der Waals surface area (Å²) in [6.45, 7) is 1.62. The number of carbonyl (C=O) groups is 2. The van der Waals surface area contributed by atoms with Gasteiger partial charge >= 0.3 is 0 Å². The molecule has 154 valence electrons. The minimum Gasteiger partial charge on any atom is -0.496 e. The summed E-state index contributed by atoms with van der Waals surface area (Å²) in [5.74, 6) is 0.542. The van der Waals surface area contributed by atoms with Gasteiger partial charge in [-0.3, -0.25) is 9.59 Å². The largest absolute Gasteiger partial charge is 0.496 e. The van der Waals surface area contributed by atoms with E-state index in [0.717, 1.165) is 34.9 Å². The maximum atomic E-state index is 13.3. The first-order chi connectivity index (χ1) is 14.7. The second kappa shape index (κ2) is 8.99. The lowest BCUT2D eigenvalue weighted by molar-refractivity contribution is -0.126. The van der Waals surface area contributed by atoms with E-state index in [1.165, 1.54) is 0 Å². The van der Waals surface area contributed by atoms with E-state index >= 15 is 0 Å². The predicted molar refractivity (Wildman–Crippen MR) is 117 cm³/mol. The molecular weight excluding hydrogens is 376 g/mol. The van der Waals surface area contributed by atoms with Crippen molar-refractivity contribution in [2.75, 3.05) is 20.2 Å². The molecule has 5 heteroatoms. The summed E-state index contributed by atoms with van der Waals surface area (Å²) < 4.78 is 5.44. The number of nitrogens with one attached hydrogen (secondary N) is 1. The van der Waals surface area contributed by atoms with Crippen LogP contribution >= 0.6 is 0 Å². The standard InChI is InChI=1S/C25H26N2O3/c1-30-23-14-13-22(20-11-5-6-12-21(20)23)25(29)27-15-7-10-19(17-27)24(28)26-16-18-8-3-2-4-9-18/h2-6,8-9,11-14,19H,7,10,15-17H2,1H3,(H,26,28)/t19-/m0/s1. The van der Waals surface area contributed by atoms with E-state index in [4.69, 9.17) is 4.74 Å². The molecule has 1 aliphatic heterocycles. The second-order valence-corrected chi connectivity index (χ2v) is 7.65. The number of fused-ring (bicyclic) bond motifs is 1. The van der Waals surface area contributed by atoms with Gasteiger partial charge in [0.1, 0.15) is 5.75 Å². The fourth-order valence-electron chi connectivity index (χ4n) is 4.11. The highest BCUT2D eigenvalue weighted by atomic mass is 16.5. The highest BCUT2D eigenvalue weighted by Gasteiger charge is 2.29. The molecule has 3 aromatic rings.